The summed E-state index contributed by atoms with van der Waals surface area (Å²) >= 11 is 0. The van der Waals surface area contributed by atoms with Crippen LogP contribution in [0.4, 0.5) is 0 Å². The smallest absolute Gasteiger partial charge is 0.304 e. The zero-order valence-electron chi connectivity index (χ0n) is 16.7. The van der Waals surface area contributed by atoms with Crippen LogP contribution in [0.25, 0.3) is 0 Å². The largest absolute Gasteiger partial charge is 0.489 e. The first-order valence-electron chi connectivity index (χ1n) is 10.1. The highest BCUT2D eigenvalue weighted by molar-refractivity contribution is 5.68. The molecule has 0 saturated carbocycles. The first kappa shape index (κ1) is 19.2. The minimum absolute atomic E-state index is 0.000181. The van der Waals surface area contributed by atoms with E-state index in [1.54, 1.807) is 6.20 Å². The van der Waals surface area contributed by atoms with E-state index in [1.807, 2.05) is 42.1 Å². The van der Waals surface area contributed by atoms with Gasteiger partial charge in [-0.05, 0) is 60.1 Å². The zero-order chi connectivity index (χ0) is 20.2. The number of carbonyl (C=O) groups is 1. The van der Waals surface area contributed by atoms with Crippen molar-refractivity contribution in [2.45, 2.75) is 44.6 Å². The molecule has 1 aliphatic carbocycles. The quantitative estimate of drug-likeness (QED) is 0.646. The lowest BCUT2D eigenvalue weighted by atomic mass is 9.90. The summed E-state index contributed by atoms with van der Waals surface area (Å²) in [5, 5.41) is 9.32. The highest BCUT2D eigenvalue weighted by atomic mass is 16.5. The summed E-state index contributed by atoms with van der Waals surface area (Å²) < 4.78 is 7.85. The molecule has 150 valence electrons. The van der Waals surface area contributed by atoms with Crippen LogP contribution in [-0.2, 0) is 31.3 Å². The molecule has 1 aromatic heterocycles. The van der Waals surface area contributed by atoms with Gasteiger partial charge in [-0.15, -0.1) is 0 Å². The Kier molecular flexibility index (Phi) is 5.65. The lowest BCUT2D eigenvalue weighted by molar-refractivity contribution is -0.137. The summed E-state index contributed by atoms with van der Waals surface area (Å²) in [4.78, 5) is 15.7. The fourth-order valence-corrected chi connectivity index (χ4v) is 4.09. The van der Waals surface area contributed by atoms with Crippen molar-refractivity contribution in [3.05, 3.63) is 82.9 Å². The molecule has 5 nitrogen and oxygen atoms in total. The molecule has 0 aliphatic heterocycles. The van der Waals surface area contributed by atoms with Crippen molar-refractivity contribution >= 4 is 5.97 Å². The van der Waals surface area contributed by atoms with Gasteiger partial charge < -0.3 is 14.4 Å². The number of carboxylic acid groups (broad SMARTS) is 1. The molecule has 1 unspecified atom stereocenters. The molecule has 0 bridgehead atoms. The van der Waals surface area contributed by atoms with Crippen molar-refractivity contribution in [1.82, 2.24) is 9.55 Å². The highest BCUT2D eigenvalue weighted by Crippen LogP contribution is 2.29. The van der Waals surface area contributed by atoms with Crippen LogP contribution in [0.3, 0.4) is 0 Å². The van der Waals surface area contributed by atoms with Crippen LogP contribution in [-0.4, -0.2) is 20.6 Å². The van der Waals surface area contributed by atoms with Crippen molar-refractivity contribution in [2.75, 3.05) is 0 Å². The fraction of sp³-hybridized carbons (Fsp3) is 0.333. The van der Waals surface area contributed by atoms with Crippen LogP contribution in [0, 0.1) is 0 Å². The summed E-state index contributed by atoms with van der Waals surface area (Å²) in [5.74, 6) is 0.392. The van der Waals surface area contributed by atoms with Crippen LogP contribution in [0.5, 0.6) is 5.75 Å². The molecule has 3 aromatic rings. The van der Waals surface area contributed by atoms with Gasteiger partial charge in [0.1, 0.15) is 18.2 Å². The van der Waals surface area contributed by atoms with Gasteiger partial charge in [-0.3, -0.25) is 4.79 Å². The lowest BCUT2D eigenvalue weighted by Gasteiger charge is -2.17. The average molecular weight is 390 g/mol. The molecule has 0 radical (unpaired) electrons. The second kappa shape index (κ2) is 8.52. The van der Waals surface area contributed by atoms with E-state index < -0.39 is 5.97 Å². The number of ether oxygens (including phenoxy) is 1. The van der Waals surface area contributed by atoms with Gasteiger partial charge in [-0.25, -0.2) is 4.98 Å². The molecule has 0 spiro atoms. The SMILES string of the molecule is Cn1ccnc1C(CC(=O)O)c1ccc(OCc2ccc3c(c2)CCCC3)cc1. The van der Waals surface area contributed by atoms with Crippen LogP contribution >= 0.6 is 0 Å². The number of benzene rings is 2. The topological polar surface area (TPSA) is 64.4 Å². The van der Waals surface area contributed by atoms with Gasteiger partial charge in [-0.1, -0.05) is 30.3 Å². The van der Waals surface area contributed by atoms with Crippen LogP contribution in [0.15, 0.2) is 54.9 Å². The Balaban J connectivity index is 1.45. The summed E-state index contributed by atoms with van der Waals surface area (Å²) in [6.07, 6.45) is 8.44. The van der Waals surface area contributed by atoms with Crippen LogP contribution in [0.1, 0.15) is 53.3 Å². The standard InChI is InChI=1S/C24H26N2O3/c1-26-13-12-25-24(26)22(15-23(27)28)19-8-10-21(11-9-19)29-16-17-6-7-18-4-2-3-5-20(18)14-17/h6-14,22H,2-5,15-16H2,1H3,(H,27,28). The van der Waals surface area contributed by atoms with E-state index in [1.165, 1.54) is 36.0 Å². The van der Waals surface area contributed by atoms with Crippen molar-refractivity contribution in [1.29, 1.82) is 0 Å². The van der Waals surface area contributed by atoms with Gasteiger partial charge >= 0.3 is 5.97 Å². The molecule has 1 aliphatic rings. The highest BCUT2D eigenvalue weighted by Gasteiger charge is 2.21. The molecule has 0 amide bonds. The minimum Gasteiger partial charge on any atom is -0.489 e. The Morgan fingerprint density at radius 2 is 1.90 bits per heavy atom. The van der Waals surface area contributed by atoms with Crippen molar-refractivity contribution in [3.63, 3.8) is 0 Å². The summed E-state index contributed by atoms with van der Waals surface area (Å²) in [6.45, 7) is 0.532. The maximum atomic E-state index is 11.4. The van der Waals surface area contributed by atoms with Crippen molar-refractivity contribution < 1.29 is 14.6 Å². The van der Waals surface area contributed by atoms with E-state index in [0.29, 0.717) is 6.61 Å². The molecule has 0 saturated heterocycles. The van der Waals surface area contributed by atoms with Gasteiger partial charge in [0.15, 0.2) is 0 Å². The molecule has 1 atom stereocenters. The minimum atomic E-state index is -0.842. The molecular formula is C24H26N2O3. The maximum absolute atomic E-state index is 11.4. The molecule has 29 heavy (non-hydrogen) atoms. The van der Waals surface area contributed by atoms with Gasteiger partial charge in [0.2, 0.25) is 0 Å². The van der Waals surface area contributed by atoms with Crippen LogP contribution < -0.4 is 4.74 Å². The third-order valence-electron chi connectivity index (χ3n) is 5.65. The second-order valence-electron chi connectivity index (χ2n) is 7.71. The number of aromatic nitrogens is 2. The molecule has 1 N–H and O–H groups in total. The molecule has 1 heterocycles. The number of nitrogens with zero attached hydrogens (tertiary/aromatic N) is 2. The molecule has 0 fully saturated rings. The number of aliphatic carboxylic acids is 1. The first-order chi connectivity index (χ1) is 14.1. The number of imidazole rings is 1. The number of carboxylic acids is 1. The van der Waals surface area contributed by atoms with Gasteiger partial charge in [0.05, 0.1) is 12.3 Å². The Morgan fingerprint density at radius 3 is 2.59 bits per heavy atom. The van der Waals surface area contributed by atoms with E-state index in [9.17, 15) is 9.90 Å². The molecule has 5 heteroatoms. The van der Waals surface area contributed by atoms with E-state index in [2.05, 4.69) is 23.2 Å². The van der Waals surface area contributed by atoms with E-state index in [4.69, 9.17) is 4.74 Å². The maximum Gasteiger partial charge on any atom is 0.304 e. The Bertz CT molecular complexity index is 992. The van der Waals surface area contributed by atoms with Crippen molar-refractivity contribution in [3.8, 4) is 5.75 Å². The Morgan fingerprint density at radius 1 is 1.14 bits per heavy atom. The lowest BCUT2D eigenvalue weighted by Crippen LogP contribution is -2.12. The third-order valence-corrected chi connectivity index (χ3v) is 5.65. The van der Waals surface area contributed by atoms with Gasteiger partial charge in [-0.2, -0.15) is 0 Å². The average Bonchev–Trinajstić information content (AvgIpc) is 3.16. The first-order valence-corrected chi connectivity index (χ1v) is 10.1. The molecule has 4 rings (SSSR count). The Labute approximate surface area is 171 Å². The van der Waals surface area contributed by atoms with E-state index >= 15 is 0 Å². The number of hydrogen-bond donors (Lipinski definition) is 1. The number of fused-ring (bicyclic) bond motifs is 1. The predicted molar refractivity (Wildman–Crippen MR) is 111 cm³/mol. The zero-order valence-corrected chi connectivity index (χ0v) is 16.7. The fourth-order valence-electron chi connectivity index (χ4n) is 4.09. The third kappa shape index (κ3) is 4.50. The predicted octanol–water partition coefficient (Wildman–Crippen LogP) is 4.48. The second-order valence-corrected chi connectivity index (χ2v) is 7.71. The molecular weight excluding hydrogens is 364 g/mol. The van der Waals surface area contributed by atoms with Gasteiger partial charge in [0.25, 0.3) is 0 Å². The number of aryl methyl sites for hydroxylation is 3. The summed E-state index contributed by atoms with van der Waals surface area (Å²) in [6, 6.07) is 14.3. The molecule has 2 aromatic carbocycles. The van der Waals surface area contributed by atoms with E-state index in [0.717, 1.165) is 23.6 Å². The normalized spacial score (nSPS) is 14.2. The summed E-state index contributed by atoms with van der Waals surface area (Å²) in [5.41, 5.74) is 5.04. The number of hydrogen-bond acceptors (Lipinski definition) is 3. The van der Waals surface area contributed by atoms with Crippen molar-refractivity contribution in [2.24, 2.45) is 7.05 Å². The van der Waals surface area contributed by atoms with Crippen LogP contribution in [0.2, 0.25) is 0 Å². The monoisotopic (exact) mass is 390 g/mol. The summed E-state index contributed by atoms with van der Waals surface area (Å²) in [7, 11) is 1.88. The number of rotatable bonds is 7. The van der Waals surface area contributed by atoms with E-state index in [-0.39, 0.29) is 12.3 Å². The van der Waals surface area contributed by atoms with Gasteiger partial charge in [0, 0.05) is 19.4 Å². The Hall–Kier alpha value is -3.08.